The van der Waals surface area contributed by atoms with E-state index in [4.69, 9.17) is 0 Å². The molecule has 2 heterocycles. The van der Waals surface area contributed by atoms with Gasteiger partial charge in [0.05, 0.1) is 0 Å². The number of carbonyl (C=O) groups is 1. The van der Waals surface area contributed by atoms with Gasteiger partial charge < -0.3 is 10.6 Å². The van der Waals surface area contributed by atoms with E-state index >= 15 is 0 Å². The third-order valence-corrected chi connectivity index (χ3v) is 3.30. The number of nitrogens with one attached hydrogen (secondary N) is 2. The van der Waals surface area contributed by atoms with Crippen molar-refractivity contribution in [3.63, 3.8) is 0 Å². The Morgan fingerprint density at radius 3 is 2.95 bits per heavy atom. The lowest BCUT2D eigenvalue weighted by Crippen LogP contribution is -2.17. The largest absolute Gasteiger partial charge is 0.384 e. The summed E-state index contributed by atoms with van der Waals surface area (Å²) < 4.78 is 0. The number of rotatable bonds is 3. The van der Waals surface area contributed by atoms with Gasteiger partial charge in [-0.05, 0) is 23.8 Å². The van der Waals surface area contributed by atoms with Crippen LogP contribution in [0.2, 0.25) is 0 Å². The zero-order chi connectivity index (χ0) is 13.1. The first-order chi connectivity index (χ1) is 9.33. The number of fused-ring (bicyclic) bond motifs is 1. The molecule has 1 aromatic heterocycles. The first kappa shape index (κ1) is 11.7. The average molecular weight is 253 g/mol. The predicted octanol–water partition coefficient (Wildman–Crippen LogP) is 2.62. The topological polar surface area (TPSA) is 54.0 Å². The van der Waals surface area contributed by atoms with Gasteiger partial charge in [0, 0.05) is 30.8 Å². The molecule has 2 aromatic rings. The zero-order valence-corrected chi connectivity index (χ0v) is 10.5. The monoisotopic (exact) mass is 253 g/mol. The van der Waals surface area contributed by atoms with Crippen LogP contribution in [-0.2, 0) is 4.79 Å². The van der Waals surface area contributed by atoms with Gasteiger partial charge in [0.1, 0.15) is 5.82 Å². The molecule has 19 heavy (non-hydrogen) atoms. The molecule has 1 unspecified atom stereocenters. The molecule has 0 radical (unpaired) electrons. The van der Waals surface area contributed by atoms with Crippen LogP contribution < -0.4 is 10.6 Å². The van der Waals surface area contributed by atoms with Crippen LogP contribution in [0.15, 0.2) is 48.7 Å². The summed E-state index contributed by atoms with van der Waals surface area (Å²) in [5.74, 6) is 0.842. The molecule has 1 aliphatic rings. The molecular weight excluding hydrogens is 238 g/mol. The maximum Gasteiger partial charge on any atom is 0.226 e. The number of para-hydroxylation sites is 1. The Bertz CT molecular complexity index is 583. The summed E-state index contributed by atoms with van der Waals surface area (Å²) in [6.07, 6.45) is 2.14. The van der Waals surface area contributed by atoms with Crippen LogP contribution in [0.25, 0.3) is 0 Å². The fourth-order valence-corrected chi connectivity index (χ4v) is 2.39. The van der Waals surface area contributed by atoms with Crippen LogP contribution in [0.5, 0.6) is 0 Å². The SMILES string of the molecule is O=C(CC1CNc2ccccc21)Nc1ccccn1. The van der Waals surface area contributed by atoms with Crippen molar-refractivity contribution in [2.45, 2.75) is 12.3 Å². The number of anilines is 2. The highest BCUT2D eigenvalue weighted by atomic mass is 16.1. The summed E-state index contributed by atoms with van der Waals surface area (Å²) in [5.41, 5.74) is 2.36. The van der Waals surface area contributed by atoms with Crippen LogP contribution >= 0.6 is 0 Å². The summed E-state index contributed by atoms with van der Waals surface area (Å²) in [6, 6.07) is 13.6. The van der Waals surface area contributed by atoms with Gasteiger partial charge >= 0.3 is 0 Å². The zero-order valence-electron chi connectivity index (χ0n) is 10.5. The van der Waals surface area contributed by atoms with E-state index in [0.717, 1.165) is 12.2 Å². The van der Waals surface area contributed by atoms with Gasteiger partial charge in [-0.15, -0.1) is 0 Å². The van der Waals surface area contributed by atoms with E-state index in [2.05, 4.69) is 21.7 Å². The molecule has 4 nitrogen and oxygen atoms in total. The quantitative estimate of drug-likeness (QED) is 0.884. The number of hydrogen-bond acceptors (Lipinski definition) is 3. The number of carbonyl (C=O) groups excluding carboxylic acids is 1. The molecule has 96 valence electrons. The normalized spacial score (nSPS) is 16.5. The second-order valence-electron chi connectivity index (χ2n) is 4.63. The molecule has 0 spiro atoms. The lowest BCUT2D eigenvalue weighted by molar-refractivity contribution is -0.116. The number of aromatic nitrogens is 1. The van der Waals surface area contributed by atoms with Crippen molar-refractivity contribution in [3.05, 3.63) is 54.2 Å². The van der Waals surface area contributed by atoms with E-state index in [0.29, 0.717) is 12.2 Å². The predicted molar refractivity (Wildman–Crippen MR) is 75.2 cm³/mol. The number of pyridine rings is 1. The molecule has 2 N–H and O–H groups in total. The minimum atomic E-state index is 0.00204. The van der Waals surface area contributed by atoms with Crippen LogP contribution in [0.3, 0.4) is 0 Å². The molecule has 1 aromatic carbocycles. The first-order valence-corrected chi connectivity index (χ1v) is 6.36. The third-order valence-electron chi connectivity index (χ3n) is 3.30. The van der Waals surface area contributed by atoms with E-state index in [1.165, 1.54) is 5.56 Å². The van der Waals surface area contributed by atoms with Gasteiger partial charge in [0.25, 0.3) is 0 Å². The van der Waals surface area contributed by atoms with Crippen LogP contribution in [0.4, 0.5) is 11.5 Å². The van der Waals surface area contributed by atoms with E-state index in [-0.39, 0.29) is 11.8 Å². The minimum absolute atomic E-state index is 0.00204. The van der Waals surface area contributed by atoms with Gasteiger partial charge in [-0.1, -0.05) is 24.3 Å². The molecule has 0 saturated carbocycles. The summed E-state index contributed by atoms with van der Waals surface area (Å²) in [7, 11) is 0. The van der Waals surface area contributed by atoms with Gasteiger partial charge in [0.2, 0.25) is 5.91 Å². The van der Waals surface area contributed by atoms with Crippen LogP contribution in [0.1, 0.15) is 17.9 Å². The Labute approximate surface area is 111 Å². The molecule has 1 atom stereocenters. The van der Waals surface area contributed by atoms with Crippen molar-refractivity contribution in [1.29, 1.82) is 0 Å². The molecule has 1 amide bonds. The highest BCUT2D eigenvalue weighted by molar-refractivity contribution is 5.90. The van der Waals surface area contributed by atoms with Gasteiger partial charge in [-0.3, -0.25) is 4.79 Å². The van der Waals surface area contributed by atoms with Crippen molar-refractivity contribution < 1.29 is 4.79 Å². The summed E-state index contributed by atoms with van der Waals surface area (Å²) in [6.45, 7) is 0.814. The number of amides is 1. The van der Waals surface area contributed by atoms with Crippen molar-refractivity contribution in [2.75, 3.05) is 17.2 Å². The Hall–Kier alpha value is -2.36. The highest BCUT2D eigenvalue weighted by Crippen LogP contribution is 2.33. The number of nitrogens with zero attached hydrogens (tertiary/aromatic N) is 1. The standard InChI is InChI=1S/C15H15N3O/c19-15(18-14-7-3-4-8-16-14)9-11-10-17-13-6-2-1-5-12(11)13/h1-8,11,17H,9-10H2,(H,16,18,19). The Balaban J connectivity index is 1.65. The van der Waals surface area contributed by atoms with Crippen molar-refractivity contribution >= 4 is 17.4 Å². The molecule has 1 aliphatic heterocycles. The van der Waals surface area contributed by atoms with Crippen LogP contribution in [0, 0.1) is 0 Å². The van der Waals surface area contributed by atoms with E-state index in [9.17, 15) is 4.79 Å². The summed E-state index contributed by atoms with van der Waals surface area (Å²) >= 11 is 0. The number of benzene rings is 1. The van der Waals surface area contributed by atoms with E-state index < -0.39 is 0 Å². The summed E-state index contributed by atoms with van der Waals surface area (Å²) in [4.78, 5) is 16.1. The van der Waals surface area contributed by atoms with Gasteiger partial charge in [-0.2, -0.15) is 0 Å². The maximum absolute atomic E-state index is 12.0. The van der Waals surface area contributed by atoms with E-state index in [1.54, 1.807) is 12.3 Å². The fourth-order valence-electron chi connectivity index (χ4n) is 2.39. The number of hydrogen-bond donors (Lipinski definition) is 2. The lowest BCUT2D eigenvalue weighted by Gasteiger charge is -2.10. The summed E-state index contributed by atoms with van der Waals surface area (Å²) in [5, 5.41) is 6.15. The Kier molecular flexibility index (Phi) is 3.14. The van der Waals surface area contributed by atoms with Crippen molar-refractivity contribution in [1.82, 2.24) is 4.98 Å². The minimum Gasteiger partial charge on any atom is -0.384 e. The van der Waals surface area contributed by atoms with Gasteiger partial charge in [0.15, 0.2) is 0 Å². The fraction of sp³-hybridized carbons (Fsp3) is 0.200. The Morgan fingerprint density at radius 1 is 1.26 bits per heavy atom. The average Bonchev–Trinajstić information content (AvgIpc) is 2.83. The van der Waals surface area contributed by atoms with E-state index in [1.807, 2.05) is 30.3 Å². The molecule has 4 heteroatoms. The molecule has 0 fully saturated rings. The lowest BCUT2D eigenvalue weighted by atomic mass is 9.97. The second kappa shape index (κ2) is 5.10. The second-order valence-corrected chi connectivity index (χ2v) is 4.63. The smallest absolute Gasteiger partial charge is 0.226 e. The van der Waals surface area contributed by atoms with Gasteiger partial charge in [-0.25, -0.2) is 4.98 Å². The van der Waals surface area contributed by atoms with Crippen LogP contribution in [-0.4, -0.2) is 17.4 Å². The van der Waals surface area contributed by atoms with Crippen molar-refractivity contribution in [3.8, 4) is 0 Å². The van der Waals surface area contributed by atoms with Crippen molar-refractivity contribution in [2.24, 2.45) is 0 Å². The molecule has 0 aliphatic carbocycles. The third kappa shape index (κ3) is 2.57. The maximum atomic E-state index is 12.0. The first-order valence-electron chi connectivity index (χ1n) is 6.36. The molecule has 0 bridgehead atoms. The molecule has 3 rings (SSSR count). The molecular formula is C15H15N3O. The molecule has 0 saturated heterocycles. The Morgan fingerprint density at radius 2 is 2.11 bits per heavy atom. The highest BCUT2D eigenvalue weighted by Gasteiger charge is 2.23.